The van der Waals surface area contributed by atoms with Crippen LogP contribution in [-0.2, 0) is 4.79 Å². The van der Waals surface area contributed by atoms with Gasteiger partial charge in [-0.2, -0.15) is 0 Å². The second-order valence-electron chi connectivity index (χ2n) is 4.36. The van der Waals surface area contributed by atoms with Gasteiger partial charge in [-0.15, -0.1) is 0 Å². The van der Waals surface area contributed by atoms with Crippen molar-refractivity contribution in [3.63, 3.8) is 0 Å². The number of rotatable bonds is 8. The maximum Gasteiger partial charge on any atom is 0.221 e. The Morgan fingerprint density at radius 1 is 1.25 bits per heavy atom. The summed E-state index contributed by atoms with van der Waals surface area (Å²) in [6, 6.07) is 0. The van der Waals surface area contributed by atoms with Crippen molar-refractivity contribution in [3.8, 4) is 0 Å². The summed E-state index contributed by atoms with van der Waals surface area (Å²) >= 11 is 0. The summed E-state index contributed by atoms with van der Waals surface area (Å²) in [6.07, 6.45) is 4.52. The van der Waals surface area contributed by atoms with Crippen LogP contribution < -0.4 is 10.6 Å². The molecule has 4 nitrogen and oxygen atoms in total. The van der Waals surface area contributed by atoms with Crippen LogP contribution in [0.4, 0.5) is 0 Å². The van der Waals surface area contributed by atoms with E-state index in [4.69, 9.17) is 0 Å². The van der Waals surface area contributed by atoms with Crippen LogP contribution in [0.15, 0.2) is 0 Å². The first-order chi connectivity index (χ1) is 7.83. The van der Waals surface area contributed by atoms with E-state index in [-0.39, 0.29) is 5.91 Å². The molecule has 0 saturated carbocycles. The first-order valence-corrected chi connectivity index (χ1v) is 6.52. The Hall–Kier alpha value is -0.610. The molecule has 94 valence electrons. The van der Waals surface area contributed by atoms with Crippen molar-refractivity contribution < 1.29 is 4.79 Å². The highest BCUT2D eigenvalue weighted by Crippen LogP contribution is 2.06. The van der Waals surface area contributed by atoms with E-state index >= 15 is 0 Å². The average molecular weight is 227 g/mol. The van der Waals surface area contributed by atoms with Gasteiger partial charge in [0.25, 0.3) is 0 Å². The summed E-state index contributed by atoms with van der Waals surface area (Å²) < 4.78 is 0. The quantitative estimate of drug-likeness (QED) is 0.597. The normalized spacial score (nSPS) is 16.6. The standard InChI is InChI=1S/C12H25N3O/c1-2-14-12(16)6-8-13-7-5-11-15-9-3-4-10-15/h13H,2-11H2,1H3,(H,14,16). The predicted octanol–water partition coefficient (Wildman–Crippen LogP) is 0.588. The topological polar surface area (TPSA) is 44.4 Å². The van der Waals surface area contributed by atoms with Gasteiger partial charge in [0, 0.05) is 19.5 Å². The number of nitrogens with one attached hydrogen (secondary N) is 2. The van der Waals surface area contributed by atoms with E-state index in [9.17, 15) is 4.79 Å². The van der Waals surface area contributed by atoms with Crippen LogP contribution in [0, 0.1) is 0 Å². The zero-order valence-corrected chi connectivity index (χ0v) is 10.4. The molecule has 16 heavy (non-hydrogen) atoms. The van der Waals surface area contributed by atoms with Crippen molar-refractivity contribution in [1.29, 1.82) is 0 Å². The number of nitrogens with zero attached hydrogens (tertiary/aromatic N) is 1. The Kier molecular flexibility index (Phi) is 7.17. The molecular formula is C12H25N3O. The van der Waals surface area contributed by atoms with E-state index in [1.807, 2.05) is 6.92 Å². The van der Waals surface area contributed by atoms with Gasteiger partial charge in [-0.3, -0.25) is 4.79 Å². The van der Waals surface area contributed by atoms with Gasteiger partial charge < -0.3 is 15.5 Å². The summed E-state index contributed by atoms with van der Waals surface area (Å²) in [4.78, 5) is 13.6. The molecule has 0 aromatic heterocycles. The lowest BCUT2D eigenvalue weighted by atomic mass is 10.3. The number of likely N-dealkylation sites (tertiary alicyclic amines) is 1. The van der Waals surface area contributed by atoms with Crippen LogP contribution >= 0.6 is 0 Å². The van der Waals surface area contributed by atoms with Gasteiger partial charge in [0.15, 0.2) is 0 Å². The van der Waals surface area contributed by atoms with Crippen molar-refractivity contribution in [3.05, 3.63) is 0 Å². The van der Waals surface area contributed by atoms with Gasteiger partial charge in [-0.05, 0) is 52.4 Å². The number of hydrogen-bond donors (Lipinski definition) is 2. The van der Waals surface area contributed by atoms with Crippen molar-refractivity contribution in [2.24, 2.45) is 0 Å². The molecule has 0 aromatic carbocycles. The van der Waals surface area contributed by atoms with Crippen LogP contribution in [0.3, 0.4) is 0 Å². The molecule has 0 spiro atoms. The van der Waals surface area contributed by atoms with E-state index < -0.39 is 0 Å². The molecule has 0 radical (unpaired) electrons. The Balaban J connectivity index is 1.82. The first-order valence-electron chi connectivity index (χ1n) is 6.52. The maximum atomic E-state index is 11.1. The molecule has 0 aliphatic carbocycles. The number of carbonyl (C=O) groups is 1. The summed E-state index contributed by atoms with van der Waals surface area (Å²) in [7, 11) is 0. The second kappa shape index (κ2) is 8.53. The van der Waals surface area contributed by atoms with Gasteiger partial charge in [0.2, 0.25) is 5.91 Å². The van der Waals surface area contributed by atoms with Crippen molar-refractivity contribution >= 4 is 5.91 Å². The molecule has 1 heterocycles. The second-order valence-corrected chi connectivity index (χ2v) is 4.36. The molecule has 0 atom stereocenters. The minimum Gasteiger partial charge on any atom is -0.356 e. The average Bonchev–Trinajstić information content (AvgIpc) is 2.76. The summed E-state index contributed by atoms with van der Waals surface area (Å²) in [5.41, 5.74) is 0. The maximum absolute atomic E-state index is 11.1. The summed E-state index contributed by atoms with van der Waals surface area (Å²) in [5.74, 6) is 0.148. The molecule has 1 rings (SSSR count). The Bertz CT molecular complexity index is 191. The van der Waals surface area contributed by atoms with Gasteiger partial charge in [0.1, 0.15) is 0 Å². The molecule has 0 bridgehead atoms. The van der Waals surface area contributed by atoms with Crippen LogP contribution in [0.5, 0.6) is 0 Å². The highest BCUT2D eigenvalue weighted by atomic mass is 16.1. The van der Waals surface area contributed by atoms with Crippen LogP contribution in [0.25, 0.3) is 0 Å². The highest BCUT2D eigenvalue weighted by molar-refractivity contribution is 5.75. The number of amides is 1. The SMILES string of the molecule is CCNC(=O)CCNCCCN1CCCC1. The fourth-order valence-corrected chi connectivity index (χ4v) is 2.05. The third kappa shape index (κ3) is 6.08. The van der Waals surface area contributed by atoms with E-state index in [2.05, 4.69) is 15.5 Å². The molecular weight excluding hydrogens is 202 g/mol. The third-order valence-electron chi connectivity index (χ3n) is 2.93. The number of hydrogen-bond acceptors (Lipinski definition) is 3. The predicted molar refractivity (Wildman–Crippen MR) is 66.5 cm³/mol. The first kappa shape index (κ1) is 13.5. The minimum atomic E-state index is 0.148. The van der Waals surface area contributed by atoms with Crippen molar-refractivity contribution in [2.45, 2.75) is 32.6 Å². The van der Waals surface area contributed by atoms with E-state index in [1.54, 1.807) is 0 Å². The molecule has 0 aromatic rings. The summed E-state index contributed by atoms with van der Waals surface area (Å²) in [6.45, 7) is 8.25. The molecule has 1 saturated heterocycles. The Morgan fingerprint density at radius 3 is 2.69 bits per heavy atom. The Labute approximate surface area is 98.8 Å². The van der Waals surface area contributed by atoms with Crippen LogP contribution in [0.2, 0.25) is 0 Å². The van der Waals surface area contributed by atoms with Gasteiger partial charge >= 0.3 is 0 Å². The zero-order chi connectivity index (χ0) is 11.6. The molecule has 1 aliphatic rings. The molecule has 0 unspecified atom stereocenters. The smallest absolute Gasteiger partial charge is 0.221 e. The van der Waals surface area contributed by atoms with E-state index in [1.165, 1.54) is 38.9 Å². The molecule has 1 fully saturated rings. The van der Waals surface area contributed by atoms with Crippen LogP contribution in [0.1, 0.15) is 32.6 Å². The summed E-state index contributed by atoms with van der Waals surface area (Å²) in [5, 5.41) is 6.11. The molecule has 1 aliphatic heterocycles. The number of carbonyl (C=O) groups excluding carboxylic acids is 1. The van der Waals surface area contributed by atoms with Gasteiger partial charge in [-0.1, -0.05) is 0 Å². The van der Waals surface area contributed by atoms with Crippen molar-refractivity contribution in [1.82, 2.24) is 15.5 Å². The fraction of sp³-hybridized carbons (Fsp3) is 0.917. The Morgan fingerprint density at radius 2 is 2.00 bits per heavy atom. The highest BCUT2D eigenvalue weighted by Gasteiger charge is 2.09. The lowest BCUT2D eigenvalue weighted by Crippen LogP contribution is -2.29. The van der Waals surface area contributed by atoms with E-state index in [0.717, 1.165) is 19.6 Å². The van der Waals surface area contributed by atoms with Gasteiger partial charge in [0.05, 0.1) is 0 Å². The van der Waals surface area contributed by atoms with Crippen molar-refractivity contribution in [2.75, 3.05) is 39.3 Å². The minimum absolute atomic E-state index is 0.148. The fourth-order valence-electron chi connectivity index (χ4n) is 2.05. The lowest BCUT2D eigenvalue weighted by Gasteiger charge is -2.14. The zero-order valence-electron chi connectivity index (χ0n) is 10.4. The largest absolute Gasteiger partial charge is 0.356 e. The molecule has 1 amide bonds. The molecule has 4 heteroatoms. The molecule has 2 N–H and O–H groups in total. The van der Waals surface area contributed by atoms with Gasteiger partial charge in [-0.25, -0.2) is 0 Å². The monoisotopic (exact) mass is 227 g/mol. The van der Waals surface area contributed by atoms with E-state index in [0.29, 0.717) is 6.42 Å². The third-order valence-corrected chi connectivity index (χ3v) is 2.93. The van der Waals surface area contributed by atoms with Crippen LogP contribution in [-0.4, -0.2) is 50.1 Å². The lowest BCUT2D eigenvalue weighted by molar-refractivity contribution is -0.120.